The number of phenolic OH excluding ortho intramolecular Hbond substituents is 1. The lowest BCUT2D eigenvalue weighted by Gasteiger charge is -2.07. The summed E-state index contributed by atoms with van der Waals surface area (Å²) in [5.74, 6) is 0.141. The number of nitrogen functional groups attached to an aromatic ring is 1. The Balaban J connectivity index is 2.45. The van der Waals surface area contributed by atoms with Crippen molar-refractivity contribution in [3.05, 3.63) is 53.6 Å². The largest absolute Gasteiger partial charge is 0.507 e. The Morgan fingerprint density at radius 2 is 2.00 bits per heavy atom. The van der Waals surface area contributed by atoms with Crippen LogP contribution >= 0.6 is 0 Å². The number of ketones is 1. The molecule has 0 radical (unpaired) electrons. The highest BCUT2D eigenvalue weighted by Crippen LogP contribution is 2.25. The van der Waals surface area contributed by atoms with Crippen molar-refractivity contribution in [1.29, 1.82) is 0 Å². The first-order valence-corrected chi connectivity index (χ1v) is 5.39. The number of hydrogen-bond donors (Lipinski definition) is 2. The zero-order valence-electron chi connectivity index (χ0n) is 9.88. The average Bonchev–Trinajstić information content (AvgIpc) is 2.38. The molecule has 2 rings (SSSR count). The molecule has 4 nitrogen and oxygen atoms in total. The van der Waals surface area contributed by atoms with Gasteiger partial charge in [0, 0.05) is 11.3 Å². The van der Waals surface area contributed by atoms with E-state index >= 15 is 0 Å². The lowest BCUT2D eigenvalue weighted by Crippen LogP contribution is -2.03. The van der Waals surface area contributed by atoms with Gasteiger partial charge in [-0.1, -0.05) is 12.1 Å². The van der Waals surface area contributed by atoms with Crippen molar-refractivity contribution < 1.29 is 14.6 Å². The number of anilines is 1. The van der Waals surface area contributed by atoms with Gasteiger partial charge in [0.25, 0.3) is 0 Å². The summed E-state index contributed by atoms with van der Waals surface area (Å²) in [6.07, 6.45) is 0. The van der Waals surface area contributed by atoms with Gasteiger partial charge >= 0.3 is 0 Å². The first-order chi connectivity index (χ1) is 8.61. The smallest absolute Gasteiger partial charge is 0.196 e. The predicted molar refractivity (Wildman–Crippen MR) is 68.9 cm³/mol. The van der Waals surface area contributed by atoms with Crippen LogP contribution < -0.4 is 10.5 Å². The van der Waals surface area contributed by atoms with Gasteiger partial charge in [0.1, 0.15) is 11.5 Å². The van der Waals surface area contributed by atoms with Crippen molar-refractivity contribution in [1.82, 2.24) is 0 Å². The maximum atomic E-state index is 12.2. The second kappa shape index (κ2) is 4.79. The molecule has 0 spiro atoms. The van der Waals surface area contributed by atoms with Gasteiger partial charge in [-0.3, -0.25) is 4.79 Å². The minimum atomic E-state index is -0.293. The summed E-state index contributed by atoms with van der Waals surface area (Å²) < 4.78 is 5.03. The molecule has 0 aromatic heterocycles. The minimum absolute atomic E-state index is 0.0803. The maximum Gasteiger partial charge on any atom is 0.196 e. The molecule has 0 aliphatic rings. The molecule has 0 unspecified atom stereocenters. The molecule has 0 amide bonds. The summed E-state index contributed by atoms with van der Waals surface area (Å²) in [5, 5.41) is 9.72. The number of nitrogens with two attached hydrogens (primary N) is 1. The van der Waals surface area contributed by atoms with Gasteiger partial charge in [0.15, 0.2) is 5.78 Å². The van der Waals surface area contributed by atoms with E-state index < -0.39 is 0 Å². The molecule has 0 atom stereocenters. The number of phenols is 1. The first-order valence-electron chi connectivity index (χ1n) is 5.39. The van der Waals surface area contributed by atoms with E-state index in [1.165, 1.54) is 19.2 Å². The Labute approximate surface area is 105 Å². The minimum Gasteiger partial charge on any atom is -0.507 e. The second-order valence-corrected chi connectivity index (χ2v) is 3.84. The van der Waals surface area contributed by atoms with E-state index in [0.717, 1.165) is 0 Å². The van der Waals surface area contributed by atoms with E-state index in [0.29, 0.717) is 17.0 Å². The highest BCUT2D eigenvalue weighted by molar-refractivity contribution is 6.11. The number of carbonyl (C=O) groups excluding carboxylic acids is 1. The lowest BCUT2D eigenvalue weighted by atomic mass is 10.0. The van der Waals surface area contributed by atoms with Crippen molar-refractivity contribution in [3.8, 4) is 11.5 Å². The number of rotatable bonds is 3. The van der Waals surface area contributed by atoms with E-state index in [9.17, 15) is 9.90 Å². The van der Waals surface area contributed by atoms with Crippen LogP contribution in [-0.2, 0) is 0 Å². The zero-order chi connectivity index (χ0) is 13.1. The van der Waals surface area contributed by atoms with Gasteiger partial charge in [-0.15, -0.1) is 0 Å². The Morgan fingerprint density at radius 1 is 1.22 bits per heavy atom. The van der Waals surface area contributed by atoms with Gasteiger partial charge in [0.2, 0.25) is 0 Å². The molecule has 0 fully saturated rings. The third-order valence-electron chi connectivity index (χ3n) is 2.60. The van der Waals surface area contributed by atoms with Crippen LogP contribution in [0.1, 0.15) is 15.9 Å². The van der Waals surface area contributed by atoms with Gasteiger partial charge in [-0.05, 0) is 30.3 Å². The van der Waals surface area contributed by atoms with Crippen molar-refractivity contribution in [3.63, 3.8) is 0 Å². The van der Waals surface area contributed by atoms with Crippen LogP contribution in [0.2, 0.25) is 0 Å². The van der Waals surface area contributed by atoms with Crippen LogP contribution in [0.4, 0.5) is 5.69 Å². The number of carbonyl (C=O) groups is 1. The third-order valence-corrected chi connectivity index (χ3v) is 2.60. The quantitative estimate of drug-likeness (QED) is 0.640. The fourth-order valence-electron chi connectivity index (χ4n) is 1.66. The van der Waals surface area contributed by atoms with Crippen LogP contribution in [0.3, 0.4) is 0 Å². The monoisotopic (exact) mass is 243 g/mol. The van der Waals surface area contributed by atoms with Crippen molar-refractivity contribution in [2.24, 2.45) is 0 Å². The molecule has 3 N–H and O–H groups in total. The van der Waals surface area contributed by atoms with Gasteiger partial charge in [-0.2, -0.15) is 0 Å². The van der Waals surface area contributed by atoms with Gasteiger partial charge < -0.3 is 15.6 Å². The van der Waals surface area contributed by atoms with Crippen molar-refractivity contribution in [2.45, 2.75) is 0 Å². The van der Waals surface area contributed by atoms with Crippen LogP contribution in [0.15, 0.2) is 42.5 Å². The lowest BCUT2D eigenvalue weighted by molar-refractivity contribution is 0.103. The molecule has 18 heavy (non-hydrogen) atoms. The topological polar surface area (TPSA) is 72.5 Å². The molecule has 0 saturated carbocycles. The molecule has 0 aliphatic carbocycles. The van der Waals surface area contributed by atoms with Crippen LogP contribution in [0.5, 0.6) is 11.5 Å². The SMILES string of the molecule is COc1ccc(O)c(C(=O)c2cccc(N)c2)c1. The summed E-state index contributed by atoms with van der Waals surface area (Å²) in [7, 11) is 1.50. The molecule has 0 bridgehead atoms. The first kappa shape index (κ1) is 12.0. The number of hydrogen-bond acceptors (Lipinski definition) is 4. The second-order valence-electron chi connectivity index (χ2n) is 3.84. The van der Waals surface area contributed by atoms with Gasteiger partial charge in [-0.25, -0.2) is 0 Å². The predicted octanol–water partition coefficient (Wildman–Crippen LogP) is 2.21. The summed E-state index contributed by atoms with van der Waals surface area (Å²) >= 11 is 0. The zero-order valence-corrected chi connectivity index (χ0v) is 9.88. The molecular formula is C14H13NO3. The van der Waals surface area contributed by atoms with Crippen LogP contribution in [0, 0.1) is 0 Å². The number of aromatic hydroxyl groups is 1. The molecule has 2 aromatic carbocycles. The van der Waals surface area contributed by atoms with E-state index in [4.69, 9.17) is 10.5 Å². The summed E-state index contributed by atoms with van der Waals surface area (Å²) in [6, 6.07) is 11.1. The molecule has 2 aromatic rings. The Bertz CT molecular complexity index is 593. The van der Waals surface area contributed by atoms with E-state index in [2.05, 4.69) is 0 Å². The molecule has 92 valence electrons. The fraction of sp³-hybridized carbons (Fsp3) is 0.0714. The van der Waals surface area contributed by atoms with Crippen LogP contribution in [0.25, 0.3) is 0 Å². The van der Waals surface area contributed by atoms with Crippen LogP contribution in [-0.4, -0.2) is 18.0 Å². The van der Waals surface area contributed by atoms with E-state index in [1.807, 2.05) is 0 Å². The summed E-state index contributed by atoms with van der Waals surface area (Å²) in [5.41, 5.74) is 6.76. The van der Waals surface area contributed by atoms with Crippen molar-refractivity contribution in [2.75, 3.05) is 12.8 Å². The fourth-order valence-corrected chi connectivity index (χ4v) is 1.66. The maximum absolute atomic E-state index is 12.2. The molecule has 4 heteroatoms. The molecular weight excluding hydrogens is 230 g/mol. The van der Waals surface area contributed by atoms with E-state index in [-0.39, 0.29) is 17.1 Å². The number of benzene rings is 2. The number of methoxy groups -OCH3 is 1. The standard InChI is InChI=1S/C14H13NO3/c1-18-11-5-6-13(16)12(8-11)14(17)9-3-2-4-10(15)7-9/h2-8,16H,15H2,1H3. The van der Waals surface area contributed by atoms with Crippen molar-refractivity contribution >= 4 is 11.5 Å². The molecule has 0 saturated heterocycles. The Morgan fingerprint density at radius 3 is 2.67 bits per heavy atom. The summed E-state index contributed by atoms with van der Waals surface area (Å²) in [4.78, 5) is 12.2. The third kappa shape index (κ3) is 2.27. The highest BCUT2D eigenvalue weighted by Gasteiger charge is 2.14. The summed E-state index contributed by atoms with van der Waals surface area (Å²) in [6.45, 7) is 0. The Kier molecular flexibility index (Phi) is 3.19. The van der Waals surface area contributed by atoms with Gasteiger partial charge in [0.05, 0.1) is 12.7 Å². The normalized spacial score (nSPS) is 10.1. The molecule has 0 aliphatic heterocycles. The highest BCUT2D eigenvalue weighted by atomic mass is 16.5. The number of ether oxygens (including phenoxy) is 1. The van der Waals surface area contributed by atoms with E-state index in [1.54, 1.807) is 30.3 Å². The average molecular weight is 243 g/mol. The molecule has 0 heterocycles. The Hall–Kier alpha value is -2.49.